The van der Waals surface area contributed by atoms with Crippen molar-refractivity contribution in [1.82, 2.24) is 15.3 Å². The quantitative estimate of drug-likeness (QED) is 0.648. The molecule has 1 aliphatic carbocycles. The third-order valence-electron chi connectivity index (χ3n) is 4.00. The number of rotatable bonds is 2. The summed E-state index contributed by atoms with van der Waals surface area (Å²) in [6.07, 6.45) is -3.76. The number of amides is 1. The Morgan fingerprint density at radius 3 is 2.64 bits per heavy atom. The van der Waals surface area contributed by atoms with Crippen LogP contribution in [-0.4, -0.2) is 21.0 Å². The van der Waals surface area contributed by atoms with Crippen molar-refractivity contribution >= 4 is 5.91 Å². The number of aryl methyl sites for hydroxylation is 1. The minimum atomic E-state index is -4.45. The number of alkyl halides is 3. The molecule has 0 saturated carbocycles. The number of aromatic hydroxyl groups is 1. The van der Waals surface area contributed by atoms with E-state index in [4.69, 9.17) is 0 Å². The number of H-pyrrole nitrogens is 2. The predicted molar refractivity (Wildman–Crippen MR) is 79.3 cm³/mol. The van der Waals surface area contributed by atoms with Crippen molar-refractivity contribution in [2.75, 3.05) is 0 Å². The molecule has 1 heterocycles. The van der Waals surface area contributed by atoms with E-state index in [1.54, 1.807) is 4.98 Å². The largest absolute Gasteiger partial charge is 0.501 e. The third kappa shape index (κ3) is 3.14. The standard InChI is InChI=1S/C15H12F3N3O4/c16-15(17,18)7-2-3-8-6(5-7)1-4-9(8)19-12(23)10-11(22)13(24)21-14(25)20-10/h2-3,5,9,22H,1,4H2,(H,19,23)(H2,20,21,24,25). The summed E-state index contributed by atoms with van der Waals surface area (Å²) in [5.41, 5.74) is -2.47. The Kier molecular flexibility index (Phi) is 3.90. The van der Waals surface area contributed by atoms with Crippen molar-refractivity contribution in [3.63, 3.8) is 0 Å². The maximum Gasteiger partial charge on any atom is 0.416 e. The van der Waals surface area contributed by atoms with Gasteiger partial charge >= 0.3 is 11.9 Å². The van der Waals surface area contributed by atoms with E-state index in [2.05, 4.69) is 5.32 Å². The van der Waals surface area contributed by atoms with Gasteiger partial charge in [-0.3, -0.25) is 19.6 Å². The Labute approximate surface area is 137 Å². The highest BCUT2D eigenvalue weighted by Crippen LogP contribution is 2.36. The van der Waals surface area contributed by atoms with Gasteiger partial charge in [0, 0.05) is 0 Å². The number of fused-ring (bicyclic) bond motifs is 1. The van der Waals surface area contributed by atoms with Gasteiger partial charge in [0.05, 0.1) is 11.6 Å². The zero-order valence-electron chi connectivity index (χ0n) is 12.5. The number of nitrogens with one attached hydrogen (secondary N) is 3. The minimum Gasteiger partial charge on any atom is -0.501 e. The summed E-state index contributed by atoms with van der Waals surface area (Å²) < 4.78 is 38.2. The van der Waals surface area contributed by atoms with E-state index in [1.165, 1.54) is 6.07 Å². The first kappa shape index (κ1) is 16.8. The van der Waals surface area contributed by atoms with Gasteiger partial charge in [0.25, 0.3) is 11.5 Å². The van der Waals surface area contributed by atoms with E-state index in [1.807, 2.05) is 4.98 Å². The fraction of sp³-hybridized carbons (Fsp3) is 0.267. The van der Waals surface area contributed by atoms with Crippen molar-refractivity contribution in [1.29, 1.82) is 0 Å². The number of aromatic nitrogens is 2. The van der Waals surface area contributed by atoms with Crippen LogP contribution in [0.15, 0.2) is 27.8 Å². The SMILES string of the molecule is O=C(NC1CCc2cc(C(F)(F)F)ccc21)c1[nH]c(=O)[nH]c(=O)c1O. The van der Waals surface area contributed by atoms with Crippen LogP contribution in [0.4, 0.5) is 13.2 Å². The fourth-order valence-electron chi connectivity index (χ4n) is 2.82. The topological polar surface area (TPSA) is 115 Å². The van der Waals surface area contributed by atoms with E-state index in [9.17, 15) is 32.7 Å². The van der Waals surface area contributed by atoms with Gasteiger partial charge in [-0.2, -0.15) is 13.2 Å². The van der Waals surface area contributed by atoms with Gasteiger partial charge in [-0.25, -0.2) is 4.79 Å². The fourth-order valence-corrected chi connectivity index (χ4v) is 2.82. The molecule has 0 bridgehead atoms. The molecule has 0 aliphatic heterocycles. The average Bonchev–Trinajstić information content (AvgIpc) is 2.92. The van der Waals surface area contributed by atoms with Crippen molar-refractivity contribution in [2.45, 2.75) is 25.1 Å². The molecule has 10 heteroatoms. The van der Waals surface area contributed by atoms with Crippen molar-refractivity contribution in [2.24, 2.45) is 0 Å². The smallest absolute Gasteiger partial charge is 0.416 e. The normalized spacial score (nSPS) is 16.5. The summed E-state index contributed by atoms with van der Waals surface area (Å²) in [5, 5.41) is 12.1. The first-order chi connectivity index (χ1) is 11.7. The van der Waals surface area contributed by atoms with Crippen LogP contribution in [0, 0.1) is 0 Å². The number of halogens is 3. The summed E-state index contributed by atoms with van der Waals surface area (Å²) in [7, 11) is 0. The van der Waals surface area contributed by atoms with Crippen LogP contribution in [0.25, 0.3) is 0 Å². The number of hydrogen-bond donors (Lipinski definition) is 4. The van der Waals surface area contributed by atoms with Gasteiger partial charge in [-0.05, 0) is 36.1 Å². The summed E-state index contributed by atoms with van der Waals surface area (Å²) >= 11 is 0. The monoisotopic (exact) mass is 355 g/mol. The number of carbonyl (C=O) groups is 1. The molecule has 1 aromatic carbocycles. The second-order valence-electron chi connectivity index (χ2n) is 5.61. The van der Waals surface area contributed by atoms with E-state index < -0.39 is 46.4 Å². The molecule has 0 radical (unpaired) electrons. The highest BCUT2D eigenvalue weighted by molar-refractivity contribution is 5.94. The number of hydrogen-bond acceptors (Lipinski definition) is 4. The Hall–Kier alpha value is -3.04. The molecule has 2 aromatic rings. The van der Waals surface area contributed by atoms with Gasteiger partial charge in [0.2, 0.25) is 5.75 Å². The number of aromatic amines is 2. The number of carbonyl (C=O) groups excluding carboxylic acids is 1. The molecule has 3 rings (SSSR count). The number of benzene rings is 1. The third-order valence-corrected chi connectivity index (χ3v) is 4.00. The van der Waals surface area contributed by atoms with E-state index in [0.717, 1.165) is 12.1 Å². The lowest BCUT2D eigenvalue weighted by Crippen LogP contribution is -2.33. The molecule has 25 heavy (non-hydrogen) atoms. The molecular weight excluding hydrogens is 343 g/mol. The van der Waals surface area contributed by atoms with Gasteiger partial charge in [-0.1, -0.05) is 6.07 Å². The zero-order valence-corrected chi connectivity index (χ0v) is 12.5. The van der Waals surface area contributed by atoms with Crippen LogP contribution in [0.1, 0.15) is 39.6 Å². The molecule has 132 valence electrons. The van der Waals surface area contributed by atoms with Crippen LogP contribution in [0.3, 0.4) is 0 Å². The maximum atomic E-state index is 12.7. The molecule has 0 spiro atoms. The predicted octanol–water partition coefficient (Wildman–Crippen LogP) is 1.20. The van der Waals surface area contributed by atoms with Crippen molar-refractivity contribution in [3.05, 3.63) is 61.4 Å². The van der Waals surface area contributed by atoms with Gasteiger partial charge < -0.3 is 10.4 Å². The van der Waals surface area contributed by atoms with E-state index in [-0.39, 0.29) is 0 Å². The summed E-state index contributed by atoms with van der Waals surface area (Å²) in [4.78, 5) is 38.5. The van der Waals surface area contributed by atoms with E-state index >= 15 is 0 Å². The molecule has 1 unspecified atom stereocenters. The van der Waals surface area contributed by atoms with Gasteiger partial charge in [-0.15, -0.1) is 0 Å². The first-order valence-electron chi connectivity index (χ1n) is 7.23. The Bertz CT molecular complexity index is 962. The lowest BCUT2D eigenvalue weighted by atomic mass is 10.0. The van der Waals surface area contributed by atoms with Crippen LogP contribution < -0.4 is 16.6 Å². The first-order valence-corrected chi connectivity index (χ1v) is 7.23. The van der Waals surface area contributed by atoms with Gasteiger partial charge in [0.15, 0.2) is 5.69 Å². The highest BCUT2D eigenvalue weighted by atomic mass is 19.4. The Morgan fingerprint density at radius 1 is 1.24 bits per heavy atom. The molecule has 0 fully saturated rings. The second-order valence-corrected chi connectivity index (χ2v) is 5.61. The summed E-state index contributed by atoms with van der Waals surface area (Å²) in [6, 6.07) is 2.66. The average molecular weight is 355 g/mol. The summed E-state index contributed by atoms with van der Waals surface area (Å²) in [5.74, 6) is -1.85. The summed E-state index contributed by atoms with van der Waals surface area (Å²) in [6.45, 7) is 0. The van der Waals surface area contributed by atoms with Crippen LogP contribution in [0.2, 0.25) is 0 Å². The zero-order chi connectivity index (χ0) is 18.4. The molecule has 1 aromatic heterocycles. The molecule has 1 amide bonds. The maximum absolute atomic E-state index is 12.7. The lowest BCUT2D eigenvalue weighted by molar-refractivity contribution is -0.137. The minimum absolute atomic E-state index is 0.335. The van der Waals surface area contributed by atoms with Crippen LogP contribution in [0.5, 0.6) is 5.75 Å². The molecule has 0 saturated heterocycles. The lowest BCUT2D eigenvalue weighted by Gasteiger charge is -2.15. The second kappa shape index (κ2) is 5.80. The molecule has 7 nitrogen and oxygen atoms in total. The van der Waals surface area contributed by atoms with Crippen LogP contribution in [-0.2, 0) is 12.6 Å². The Balaban J connectivity index is 1.86. The van der Waals surface area contributed by atoms with Crippen molar-refractivity contribution < 1.29 is 23.1 Å². The molecule has 4 N–H and O–H groups in total. The van der Waals surface area contributed by atoms with Gasteiger partial charge in [0.1, 0.15) is 0 Å². The van der Waals surface area contributed by atoms with Crippen LogP contribution >= 0.6 is 0 Å². The van der Waals surface area contributed by atoms with Crippen molar-refractivity contribution in [3.8, 4) is 5.75 Å². The molecule has 1 atom stereocenters. The molecule has 1 aliphatic rings. The highest BCUT2D eigenvalue weighted by Gasteiger charge is 2.33. The Morgan fingerprint density at radius 2 is 1.96 bits per heavy atom. The van der Waals surface area contributed by atoms with E-state index in [0.29, 0.717) is 24.0 Å². The molecular formula is C15H12F3N3O4.